The highest BCUT2D eigenvalue weighted by atomic mass is 35.5. The molecule has 0 bridgehead atoms. The van der Waals surface area contributed by atoms with Crippen LogP contribution in [0.25, 0.3) is 0 Å². The van der Waals surface area contributed by atoms with Gasteiger partial charge in [-0.05, 0) is 99.4 Å². The molecule has 7 heteroatoms. The van der Waals surface area contributed by atoms with E-state index in [0.717, 1.165) is 41.9 Å². The first-order valence-electron chi connectivity index (χ1n) is 14.7. The number of anilines is 1. The summed E-state index contributed by atoms with van der Waals surface area (Å²) < 4.78 is 12.0. The highest BCUT2D eigenvalue weighted by Gasteiger charge is 2.36. The van der Waals surface area contributed by atoms with Gasteiger partial charge in [0.2, 0.25) is 5.91 Å². The molecule has 2 aliphatic rings. The number of halogens is 1. The Bertz CT molecular complexity index is 1360. The normalized spacial score (nSPS) is 20.7. The highest BCUT2D eigenvalue weighted by Crippen LogP contribution is 2.44. The zero-order valence-electron chi connectivity index (χ0n) is 25.1. The predicted molar refractivity (Wildman–Crippen MR) is 166 cm³/mol. The summed E-state index contributed by atoms with van der Waals surface area (Å²) in [7, 11) is 5.96. The molecule has 0 N–H and O–H groups in total. The van der Waals surface area contributed by atoms with Gasteiger partial charge in [0.25, 0.3) is 0 Å². The number of likely N-dealkylation sites (N-methyl/N-ethyl adjacent to an activating group) is 1. The number of likely N-dealkylation sites (tertiary alicyclic amines) is 1. The monoisotopic (exact) mass is 575 g/mol. The second-order valence-electron chi connectivity index (χ2n) is 11.6. The van der Waals surface area contributed by atoms with Crippen molar-refractivity contribution in [2.45, 2.75) is 64.3 Å². The third-order valence-corrected chi connectivity index (χ3v) is 9.06. The number of amides is 1. The average molecular weight is 576 g/mol. The quantitative estimate of drug-likeness (QED) is 0.278. The number of ether oxygens (including phenoxy) is 2. The van der Waals surface area contributed by atoms with Crippen molar-refractivity contribution in [1.29, 1.82) is 0 Å². The van der Waals surface area contributed by atoms with Crippen molar-refractivity contribution in [3.63, 3.8) is 0 Å². The van der Waals surface area contributed by atoms with Gasteiger partial charge in [0, 0.05) is 35.9 Å². The summed E-state index contributed by atoms with van der Waals surface area (Å²) in [6.07, 6.45) is 2.39. The Kier molecular flexibility index (Phi) is 8.93. The van der Waals surface area contributed by atoms with Crippen LogP contribution in [0.1, 0.15) is 68.0 Å². The molecule has 0 radical (unpaired) electrons. The number of hydrogen-bond donors (Lipinski definition) is 0. The summed E-state index contributed by atoms with van der Waals surface area (Å²) in [5, 5.41) is 0.662. The van der Waals surface area contributed by atoms with Crippen LogP contribution in [-0.2, 0) is 11.2 Å². The van der Waals surface area contributed by atoms with Gasteiger partial charge in [0.1, 0.15) is 0 Å². The summed E-state index contributed by atoms with van der Waals surface area (Å²) in [5.74, 6) is 1.39. The van der Waals surface area contributed by atoms with E-state index in [2.05, 4.69) is 75.0 Å². The molecule has 0 spiro atoms. The molecule has 41 heavy (non-hydrogen) atoms. The molecule has 6 nitrogen and oxygen atoms in total. The number of carbonyl (C=O) groups excluding carboxylic acids is 1. The molecule has 2 aliphatic heterocycles. The van der Waals surface area contributed by atoms with Crippen LogP contribution >= 0.6 is 11.6 Å². The van der Waals surface area contributed by atoms with Gasteiger partial charge in [-0.1, -0.05) is 42.8 Å². The van der Waals surface area contributed by atoms with E-state index >= 15 is 0 Å². The zero-order chi connectivity index (χ0) is 29.3. The fraction of sp³-hybridized carbons (Fsp3) is 0.441. The number of nitrogens with zero attached hydrogens (tertiary/aromatic N) is 3. The Hall–Kier alpha value is -3.06. The van der Waals surface area contributed by atoms with Crippen molar-refractivity contribution in [3.8, 4) is 11.5 Å². The molecular formula is C34H42ClN3O3. The molecule has 4 atom stereocenters. The van der Waals surface area contributed by atoms with Crippen LogP contribution in [0.2, 0.25) is 5.02 Å². The molecule has 2 unspecified atom stereocenters. The van der Waals surface area contributed by atoms with E-state index in [4.69, 9.17) is 21.1 Å². The summed E-state index contributed by atoms with van der Waals surface area (Å²) >= 11 is 6.27. The molecule has 0 aromatic heterocycles. The molecule has 5 rings (SSSR count). The van der Waals surface area contributed by atoms with Gasteiger partial charge in [0.05, 0.1) is 25.7 Å². The minimum Gasteiger partial charge on any atom is -0.493 e. The first-order chi connectivity index (χ1) is 19.7. The van der Waals surface area contributed by atoms with E-state index in [-0.39, 0.29) is 24.5 Å². The molecule has 218 valence electrons. The Morgan fingerprint density at radius 1 is 1.02 bits per heavy atom. The SMILES string of the molecule is CC[C@@H](C)Oc1cc2c(cc1OC)CC(=O)N(c1ccc(C(C)N3CC[C@H](N(C)C)C3)cc1)C2c1ccc(Cl)cc1. The van der Waals surface area contributed by atoms with E-state index in [1.165, 1.54) is 12.0 Å². The lowest BCUT2D eigenvalue weighted by atomic mass is 9.86. The highest BCUT2D eigenvalue weighted by molar-refractivity contribution is 6.30. The van der Waals surface area contributed by atoms with Crippen LogP contribution in [0.3, 0.4) is 0 Å². The van der Waals surface area contributed by atoms with Gasteiger partial charge in [0.15, 0.2) is 11.5 Å². The van der Waals surface area contributed by atoms with Crippen LogP contribution in [0.4, 0.5) is 5.69 Å². The molecule has 3 aromatic rings. The van der Waals surface area contributed by atoms with E-state index in [1.54, 1.807) is 7.11 Å². The summed E-state index contributed by atoms with van der Waals surface area (Å²) in [4.78, 5) is 20.7. The van der Waals surface area contributed by atoms with Crippen molar-refractivity contribution < 1.29 is 14.3 Å². The summed E-state index contributed by atoms with van der Waals surface area (Å²) in [6.45, 7) is 8.59. The van der Waals surface area contributed by atoms with Crippen molar-refractivity contribution in [2.75, 3.05) is 39.2 Å². The first kappa shape index (κ1) is 29.4. The summed E-state index contributed by atoms with van der Waals surface area (Å²) in [5.41, 5.74) is 5.12. The third-order valence-electron chi connectivity index (χ3n) is 8.80. The molecule has 2 heterocycles. The molecule has 0 aliphatic carbocycles. The smallest absolute Gasteiger partial charge is 0.232 e. The third kappa shape index (κ3) is 6.11. The van der Waals surface area contributed by atoms with Gasteiger partial charge in [-0.15, -0.1) is 0 Å². The van der Waals surface area contributed by atoms with Crippen LogP contribution in [0, 0.1) is 0 Å². The second kappa shape index (κ2) is 12.4. The van der Waals surface area contributed by atoms with E-state index in [9.17, 15) is 4.79 Å². The molecule has 0 saturated carbocycles. The predicted octanol–water partition coefficient (Wildman–Crippen LogP) is 6.90. The van der Waals surface area contributed by atoms with Crippen LogP contribution < -0.4 is 14.4 Å². The van der Waals surface area contributed by atoms with E-state index in [1.807, 2.05) is 35.2 Å². The Labute approximate surface area is 249 Å². The Morgan fingerprint density at radius 2 is 1.73 bits per heavy atom. The minimum atomic E-state index is -0.323. The van der Waals surface area contributed by atoms with E-state index < -0.39 is 0 Å². The topological polar surface area (TPSA) is 45.3 Å². The van der Waals surface area contributed by atoms with Crippen LogP contribution in [0.15, 0.2) is 60.7 Å². The number of methoxy groups -OCH3 is 1. The van der Waals surface area contributed by atoms with Crippen LogP contribution in [-0.4, -0.2) is 62.1 Å². The second-order valence-corrected chi connectivity index (χ2v) is 12.0. The Balaban J connectivity index is 1.52. The van der Waals surface area contributed by atoms with Gasteiger partial charge >= 0.3 is 0 Å². The van der Waals surface area contributed by atoms with Crippen LogP contribution in [0.5, 0.6) is 11.5 Å². The fourth-order valence-electron chi connectivity index (χ4n) is 6.04. The Morgan fingerprint density at radius 3 is 2.34 bits per heavy atom. The molecule has 3 aromatic carbocycles. The molecule has 1 saturated heterocycles. The minimum absolute atomic E-state index is 0.0374. The first-order valence-corrected chi connectivity index (χ1v) is 15.0. The van der Waals surface area contributed by atoms with Crippen molar-refractivity contribution in [1.82, 2.24) is 9.80 Å². The lowest BCUT2D eigenvalue weighted by molar-refractivity contribution is -0.118. The van der Waals surface area contributed by atoms with Gasteiger partial charge in [-0.2, -0.15) is 0 Å². The zero-order valence-corrected chi connectivity index (χ0v) is 25.8. The maximum Gasteiger partial charge on any atom is 0.232 e. The average Bonchev–Trinajstić information content (AvgIpc) is 3.47. The summed E-state index contributed by atoms with van der Waals surface area (Å²) in [6, 6.07) is 20.9. The maximum atomic E-state index is 13.9. The number of benzene rings is 3. The van der Waals surface area contributed by atoms with Crippen molar-refractivity contribution in [3.05, 3.63) is 87.9 Å². The number of fused-ring (bicyclic) bond motifs is 1. The standard InChI is InChI=1S/C34H42ClN3O3/c1-7-22(2)41-32-20-30-26(18-31(32)40-6)19-33(39)38(34(30)25-8-12-27(35)13-9-25)28-14-10-24(11-15-28)23(3)37-17-16-29(21-37)36(4)5/h8-15,18,20,22-23,29,34H,7,16-17,19,21H2,1-6H3/t22-,23?,29+,34?/m1/s1. The van der Waals surface area contributed by atoms with Crippen molar-refractivity contribution in [2.24, 2.45) is 0 Å². The maximum absolute atomic E-state index is 13.9. The van der Waals surface area contributed by atoms with Gasteiger partial charge < -0.3 is 19.3 Å². The lowest BCUT2D eigenvalue weighted by Crippen LogP contribution is -2.41. The van der Waals surface area contributed by atoms with Crippen molar-refractivity contribution >= 4 is 23.2 Å². The molecule has 1 amide bonds. The number of rotatable bonds is 9. The number of hydrogen-bond acceptors (Lipinski definition) is 5. The number of carbonyl (C=O) groups is 1. The van der Waals surface area contributed by atoms with E-state index in [0.29, 0.717) is 28.6 Å². The van der Waals surface area contributed by atoms with Gasteiger partial charge in [-0.3, -0.25) is 9.69 Å². The largest absolute Gasteiger partial charge is 0.493 e. The van der Waals surface area contributed by atoms with Gasteiger partial charge in [-0.25, -0.2) is 0 Å². The molecular weight excluding hydrogens is 534 g/mol. The molecule has 1 fully saturated rings. The fourth-order valence-corrected chi connectivity index (χ4v) is 6.17. The lowest BCUT2D eigenvalue weighted by Gasteiger charge is -2.38.